The maximum atomic E-state index is 11.9. The van der Waals surface area contributed by atoms with Crippen molar-refractivity contribution in [2.24, 2.45) is 0 Å². The molecule has 1 saturated carbocycles. The molecule has 7 heteroatoms. The van der Waals surface area contributed by atoms with Crippen molar-refractivity contribution < 1.29 is 9.90 Å². The largest absolute Gasteiger partial charge is 0.393 e. The Morgan fingerprint density at radius 1 is 1.65 bits per heavy atom. The first kappa shape index (κ1) is 12.1. The van der Waals surface area contributed by atoms with Crippen LogP contribution in [0.5, 0.6) is 0 Å². The molecule has 0 aliphatic heterocycles. The van der Waals surface area contributed by atoms with Gasteiger partial charge in [0.2, 0.25) is 0 Å². The number of anilines is 2. The SMILES string of the molecule is CCNc1nc(N)c(C(=O)NC2CC(O)C2)s1. The summed E-state index contributed by atoms with van der Waals surface area (Å²) in [7, 11) is 0. The highest BCUT2D eigenvalue weighted by molar-refractivity contribution is 7.18. The van der Waals surface area contributed by atoms with Crippen LogP contribution in [-0.4, -0.2) is 34.7 Å². The number of hydrogen-bond donors (Lipinski definition) is 4. The van der Waals surface area contributed by atoms with Crippen molar-refractivity contribution in [1.82, 2.24) is 10.3 Å². The monoisotopic (exact) mass is 256 g/mol. The molecule has 2 rings (SSSR count). The Kier molecular flexibility index (Phi) is 3.49. The molecule has 1 aromatic heterocycles. The van der Waals surface area contributed by atoms with Crippen molar-refractivity contribution in [2.75, 3.05) is 17.6 Å². The number of carbonyl (C=O) groups is 1. The average Bonchev–Trinajstić information content (AvgIpc) is 2.58. The Morgan fingerprint density at radius 2 is 2.35 bits per heavy atom. The molecule has 0 radical (unpaired) electrons. The summed E-state index contributed by atoms with van der Waals surface area (Å²) in [5.74, 6) is 0.0457. The van der Waals surface area contributed by atoms with Crippen LogP contribution in [0.1, 0.15) is 29.4 Å². The molecule has 1 aliphatic rings. The molecule has 5 N–H and O–H groups in total. The molecule has 1 aromatic rings. The molecule has 1 fully saturated rings. The number of aromatic nitrogens is 1. The topological polar surface area (TPSA) is 100 Å². The Hall–Kier alpha value is -1.34. The van der Waals surface area contributed by atoms with Crippen LogP contribution in [0.25, 0.3) is 0 Å². The van der Waals surface area contributed by atoms with E-state index in [0.29, 0.717) is 22.9 Å². The zero-order valence-electron chi connectivity index (χ0n) is 9.56. The zero-order valence-corrected chi connectivity index (χ0v) is 10.4. The van der Waals surface area contributed by atoms with E-state index < -0.39 is 0 Å². The first-order valence-electron chi connectivity index (χ1n) is 5.59. The van der Waals surface area contributed by atoms with Crippen molar-refractivity contribution in [3.63, 3.8) is 0 Å². The molecule has 0 saturated heterocycles. The van der Waals surface area contributed by atoms with Crippen LogP contribution in [0.4, 0.5) is 10.9 Å². The number of rotatable bonds is 4. The van der Waals surface area contributed by atoms with E-state index in [1.165, 1.54) is 11.3 Å². The third kappa shape index (κ3) is 2.67. The van der Waals surface area contributed by atoms with Gasteiger partial charge in [-0.2, -0.15) is 0 Å². The van der Waals surface area contributed by atoms with Gasteiger partial charge in [-0.3, -0.25) is 4.79 Å². The van der Waals surface area contributed by atoms with E-state index in [1.807, 2.05) is 6.92 Å². The Balaban J connectivity index is 1.98. The van der Waals surface area contributed by atoms with Crippen LogP contribution in [0.2, 0.25) is 0 Å². The van der Waals surface area contributed by atoms with Gasteiger partial charge >= 0.3 is 0 Å². The molecule has 6 nitrogen and oxygen atoms in total. The molecule has 94 valence electrons. The molecular weight excluding hydrogens is 240 g/mol. The molecule has 0 bridgehead atoms. The summed E-state index contributed by atoms with van der Waals surface area (Å²) in [5.41, 5.74) is 5.68. The van der Waals surface area contributed by atoms with Gasteiger partial charge in [-0.25, -0.2) is 4.98 Å². The van der Waals surface area contributed by atoms with Crippen LogP contribution in [0, 0.1) is 0 Å². The molecular formula is C10H16N4O2S. The fourth-order valence-electron chi connectivity index (χ4n) is 1.68. The number of nitrogens with zero attached hydrogens (tertiary/aromatic N) is 1. The number of nitrogen functional groups attached to an aromatic ring is 1. The number of thiazole rings is 1. The van der Waals surface area contributed by atoms with E-state index in [2.05, 4.69) is 15.6 Å². The lowest BCUT2D eigenvalue weighted by molar-refractivity contribution is 0.0565. The molecule has 0 spiro atoms. The van der Waals surface area contributed by atoms with Gasteiger partial charge in [-0.05, 0) is 19.8 Å². The highest BCUT2D eigenvalue weighted by Crippen LogP contribution is 2.26. The first-order chi connectivity index (χ1) is 8.10. The molecule has 1 aliphatic carbocycles. The summed E-state index contributed by atoms with van der Waals surface area (Å²) in [5, 5.41) is 15.6. The third-order valence-corrected chi connectivity index (χ3v) is 3.66. The summed E-state index contributed by atoms with van der Waals surface area (Å²) in [6.07, 6.45) is 0.950. The lowest BCUT2D eigenvalue weighted by Crippen LogP contribution is -2.46. The number of amides is 1. The number of aliphatic hydroxyl groups excluding tert-OH is 1. The number of nitrogens with two attached hydrogens (primary N) is 1. The van der Waals surface area contributed by atoms with Crippen LogP contribution >= 0.6 is 11.3 Å². The molecule has 1 amide bonds. The summed E-state index contributed by atoms with van der Waals surface area (Å²) in [6, 6.07) is 0.0570. The highest BCUT2D eigenvalue weighted by Gasteiger charge is 2.29. The van der Waals surface area contributed by atoms with Crippen molar-refractivity contribution in [3.05, 3.63) is 4.88 Å². The van der Waals surface area contributed by atoms with Gasteiger partial charge < -0.3 is 21.5 Å². The second-order valence-corrected chi connectivity index (χ2v) is 5.06. The average molecular weight is 256 g/mol. The van der Waals surface area contributed by atoms with E-state index in [-0.39, 0.29) is 23.9 Å². The van der Waals surface area contributed by atoms with Crippen LogP contribution in [0.3, 0.4) is 0 Å². The summed E-state index contributed by atoms with van der Waals surface area (Å²) < 4.78 is 0. The third-order valence-electron chi connectivity index (χ3n) is 2.64. The minimum absolute atomic E-state index is 0.0570. The van der Waals surface area contributed by atoms with Gasteiger partial charge in [0.25, 0.3) is 5.91 Å². The number of aliphatic hydroxyl groups is 1. The van der Waals surface area contributed by atoms with Crippen molar-refractivity contribution in [3.8, 4) is 0 Å². The van der Waals surface area contributed by atoms with Crippen LogP contribution in [0.15, 0.2) is 0 Å². The van der Waals surface area contributed by atoms with Crippen LogP contribution < -0.4 is 16.4 Å². The lowest BCUT2D eigenvalue weighted by atomic mass is 9.89. The maximum absolute atomic E-state index is 11.9. The van der Waals surface area contributed by atoms with Crippen molar-refractivity contribution in [1.29, 1.82) is 0 Å². The van der Waals surface area contributed by atoms with Crippen molar-refractivity contribution in [2.45, 2.75) is 31.9 Å². The quantitative estimate of drug-likeness (QED) is 0.625. The van der Waals surface area contributed by atoms with Gasteiger partial charge in [0.05, 0.1) is 6.10 Å². The number of carbonyl (C=O) groups excluding carboxylic acids is 1. The van der Waals surface area contributed by atoms with Crippen molar-refractivity contribution >= 4 is 28.2 Å². The first-order valence-corrected chi connectivity index (χ1v) is 6.41. The Bertz CT molecular complexity index is 414. The van der Waals surface area contributed by atoms with Crippen LogP contribution in [-0.2, 0) is 0 Å². The summed E-state index contributed by atoms with van der Waals surface area (Å²) >= 11 is 1.25. The molecule has 17 heavy (non-hydrogen) atoms. The summed E-state index contributed by atoms with van der Waals surface area (Å²) in [4.78, 5) is 16.4. The van der Waals surface area contributed by atoms with E-state index in [9.17, 15) is 4.79 Å². The Labute approximate surface area is 103 Å². The van der Waals surface area contributed by atoms with Gasteiger partial charge in [-0.1, -0.05) is 11.3 Å². The molecule has 0 unspecified atom stereocenters. The lowest BCUT2D eigenvalue weighted by Gasteiger charge is -2.31. The second-order valence-electron chi connectivity index (χ2n) is 4.06. The standard InChI is InChI=1S/C10H16N4O2S/c1-2-12-10-14-8(11)7(17-10)9(16)13-5-3-6(15)4-5/h5-6,15H,2-4,11H2,1H3,(H,12,14)(H,13,16). The van der Waals surface area contributed by atoms with Gasteiger partial charge in [0.15, 0.2) is 5.13 Å². The smallest absolute Gasteiger partial charge is 0.265 e. The normalized spacial score (nSPS) is 22.9. The number of nitrogens with one attached hydrogen (secondary N) is 2. The predicted octanol–water partition coefficient (Wildman–Crippen LogP) is 0.410. The fraction of sp³-hybridized carbons (Fsp3) is 0.600. The minimum atomic E-state index is -0.281. The highest BCUT2D eigenvalue weighted by atomic mass is 32.1. The molecule has 0 atom stereocenters. The van der Waals surface area contributed by atoms with E-state index >= 15 is 0 Å². The Morgan fingerprint density at radius 3 is 2.94 bits per heavy atom. The molecule has 1 heterocycles. The van der Waals surface area contributed by atoms with E-state index in [1.54, 1.807) is 0 Å². The summed E-state index contributed by atoms with van der Waals surface area (Å²) in [6.45, 7) is 2.69. The maximum Gasteiger partial charge on any atom is 0.265 e. The van der Waals surface area contributed by atoms with Gasteiger partial charge in [-0.15, -0.1) is 0 Å². The van der Waals surface area contributed by atoms with E-state index in [4.69, 9.17) is 10.8 Å². The second kappa shape index (κ2) is 4.89. The fourth-order valence-corrected chi connectivity index (χ4v) is 2.53. The molecule has 0 aromatic carbocycles. The van der Waals surface area contributed by atoms with Gasteiger partial charge in [0.1, 0.15) is 10.7 Å². The van der Waals surface area contributed by atoms with Gasteiger partial charge in [0, 0.05) is 12.6 Å². The number of hydrogen-bond acceptors (Lipinski definition) is 6. The van der Waals surface area contributed by atoms with E-state index in [0.717, 1.165) is 6.54 Å². The minimum Gasteiger partial charge on any atom is -0.393 e. The zero-order chi connectivity index (χ0) is 12.4. The predicted molar refractivity (Wildman–Crippen MR) is 67.2 cm³/mol.